The second-order valence-electron chi connectivity index (χ2n) is 12.4. The van der Waals surface area contributed by atoms with Gasteiger partial charge >= 0.3 is 6.09 Å². The van der Waals surface area contributed by atoms with E-state index < -0.39 is 24.1 Å². The topological polar surface area (TPSA) is 134 Å². The maximum absolute atomic E-state index is 13.4. The third kappa shape index (κ3) is 7.15. The van der Waals surface area contributed by atoms with Gasteiger partial charge in [0.25, 0.3) is 11.8 Å². The van der Waals surface area contributed by atoms with Crippen LogP contribution in [0.15, 0.2) is 133 Å². The molecule has 2 aliphatic rings. The van der Waals surface area contributed by atoms with Crippen LogP contribution < -0.4 is 21.2 Å². The summed E-state index contributed by atoms with van der Waals surface area (Å²) in [5, 5.41) is 18.7. The van der Waals surface area contributed by atoms with Gasteiger partial charge in [0.15, 0.2) is 0 Å². The number of alkyl carbamates (subject to hydrolysis) is 1. The van der Waals surface area contributed by atoms with E-state index in [0.29, 0.717) is 29.3 Å². The molecule has 0 bridgehead atoms. The highest BCUT2D eigenvalue weighted by molar-refractivity contribution is 6.04. The molecule has 0 saturated heterocycles. The molecule has 10 heteroatoms. The smallest absolute Gasteiger partial charge is 0.408 e. The summed E-state index contributed by atoms with van der Waals surface area (Å²) in [7, 11) is 0. The monoisotopic (exact) mass is 680 g/mol. The van der Waals surface area contributed by atoms with Crippen LogP contribution in [0.5, 0.6) is 0 Å². The molecule has 10 nitrogen and oxygen atoms in total. The normalized spacial score (nSPS) is 16.6. The van der Waals surface area contributed by atoms with Crippen LogP contribution in [-0.2, 0) is 45.2 Å². The molecular weight excluding hydrogens is 644 g/mol. The predicted octanol–water partition coefficient (Wildman–Crippen LogP) is 6.60. The summed E-state index contributed by atoms with van der Waals surface area (Å²) in [4.78, 5) is 43.5. The molecular formula is C41H36N4O6. The van der Waals surface area contributed by atoms with Crippen LogP contribution in [0.25, 0.3) is 21.5 Å². The fraction of sp³-hybridized carbons (Fsp3) is 0.146. The summed E-state index contributed by atoms with van der Waals surface area (Å²) in [6.07, 6.45) is 0.169. The van der Waals surface area contributed by atoms with E-state index in [2.05, 4.69) is 5.32 Å². The Morgan fingerprint density at radius 3 is 1.82 bits per heavy atom. The highest BCUT2D eigenvalue weighted by Gasteiger charge is 2.36. The molecule has 8 rings (SSSR count). The highest BCUT2D eigenvalue weighted by atomic mass is 16.7. The van der Waals surface area contributed by atoms with E-state index in [-0.39, 0.29) is 19.1 Å². The molecule has 256 valence electrons. The number of amides is 3. The molecule has 6 aromatic rings. The van der Waals surface area contributed by atoms with Crippen LogP contribution in [0, 0.1) is 0 Å². The maximum atomic E-state index is 13.4. The van der Waals surface area contributed by atoms with Crippen molar-refractivity contribution in [2.75, 3.05) is 10.1 Å². The average Bonchev–Trinajstić information content (AvgIpc) is 3.17. The molecule has 0 aliphatic carbocycles. The van der Waals surface area contributed by atoms with Gasteiger partial charge in [0.2, 0.25) is 0 Å². The predicted molar refractivity (Wildman–Crippen MR) is 195 cm³/mol. The van der Waals surface area contributed by atoms with Crippen LogP contribution in [0.4, 0.5) is 16.2 Å². The molecule has 51 heavy (non-hydrogen) atoms. The molecule has 0 aromatic heterocycles. The number of ether oxygens (including phenoxy) is 1. The van der Waals surface area contributed by atoms with E-state index in [9.17, 15) is 19.6 Å². The largest absolute Gasteiger partial charge is 0.445 e. The van der Waals surface area contributed by atoms with Crippen molar-refractivity contribution in [1.82, 2.24) is 5.32 Å². The first kappa shape index (κ1) is 33.4. The second-order valence-corrected chi connectivity index (χ2v) is 12.4. The number of nitrogens with zero attached hydrogens (tertiary/aromatic N) is 2. The van der Waals surface area contributed by atoms with Crippen molar-refractivity contribution in [3.8, 4) is 0 Å². The average molecular weight is 681 g/mol. The first-order valence-electron chi connectivity index (χ1n) is 16.6. The number of nitrogens with one attached hydrogen (secondary N) is 1. The third-order valence-corrected chi connectivity index (χ3v) is 9.04. The Labute approximate surface area is 294 Å². The number of carbonyl (C=O) groups is 3. The molecule has 2 atom stereocenters. The van der Waals surface area contributed by atoms with Crippen molar-refractivity contribution < 1.29 is 29.2 Å². The number of anilines is 2. The summed E-state index contributed by atoms with van der Waals surface area (Å²) in [6.45, 7) is 0.353. The molecule has 3 amide bonds. The Morgan fingerprint density at radius 2 is 1.20 bits per heavy atom. The van der Waals surface area contributed by atoms with Gasteiger partial charge in [-0.15, -0.1) is 0 Å². The van der Waals surface area contributed by atoms with Crippen molar-refractivity contribution in [1.29, 1.82) is 0 Å². The molecule has 2 aliphatic heterocycles. The minimum atomic E-state index is -0.808. The van der Waals surface area contributed by atoms with Crippen LogP contribution in [-0.4, -0.2) is 35.2 Å². The van der Waals surface area contributed by atoms with Gasteiger partial charge in [0.1, 0.15) is 19.3 Å². The zero-order chi connectivity index (χ0) is 35.3. The molecule has 4 N–H and O–H groups in total. The van der Waals surface area contributed by atoms with Crippen molar-refractivity contribution in [2.45, 2.75) is 38.1 Å². The lowest BCUT2D eigenvalue weighted by molar-refractivity contribution is -0.129. The molecule has 0 fully saturated rings. The highest BCUT2D eigenvalue weighted by Crippen LogP contribution is 2.35. The Kier molecular flexibility index (Phi) is 9.71. The van der Waals surface area contributed by atoms with Gasteiger partial charge in [0.05, 0.1) is 17.4 Å². The fourth-order valence-corrected chi connectivity index (χ4v) is 6.47. The summed E-state index contributed by atoms with van der Waals surface area (Å²) < 4.78 is 5.36. The quantitative estimate of drug-likeness (QED) is 0.169. The summed E-state index contributed by atoms with van der Waals surface area (Å²) in [5.74, 6) is -0.789. The number of fused-ring (bicyclic) bond motifs is 6. The van der Waals surface area contributed by atoms with Crippen LogP contribution in [0.3, 0.4) is 0 Å². The summed E-state index contributed by atoms with van der Waals surface area (Å²) in [6, 6.07) is 40.9. The van der Waals surface area contributed by atoms with Gasteiger partial charge in [-0.1, -0.05) is 121 Å². The van der Waals surface area contributed by atoms with E-state index in [1.807, 2.05) is 127 Å². The molecule has 2 unspecified atom stereocenters. The lowest BCUT2D eigenvalue weighted by atomic mass is 9.93. The van der Waals surface area contributed by atoms with E-state index in [4.69, 9.17) is 15.3 Å². The Bertz CT molecular complexity index is 2210. The van der Waals surface area contributed by atoms with Crippen molar-refractivity contribution >= 4 is 50.8 Å². The van der Waals surface area contributed by atoms with Crippen LogP contribution in [0.1, 0.15) is 22.3 Å². The number of carbonyl (C=O) groups excluding carboxylic acids is 3. The van der Waals surface area contributed by atoms with Gasteiger partial charge < -0.3 is 15.8 Å². The lowest BCUT2D eigenvalue weighted by Crippen LogP contribution is -2.53. The standard InChI is InChI=1S/C28H24N2O4.C13H12N2O2/c31-27-25(29-28(32)33-18-20-9-3-1-4-10-20)17-24-23-14-8-7-13-22(23)15-16-26(24)30(27)34-19-21-11-5-2-6-12-21;14-11-7-10-9-4-2-1-3-8(9)5-6-12(10)15(17)13(11)16/h1-16,25H,17-19H2,(H,29,32);1-6,11,17H,7,14H2. The number of rotatable bonds is 6. The molecule has 6 aromatic carbocycles. The minimum Gasteiger partial charge on any atom is -0.445 e. The summed E-state index contributed by atoms with van der Waals surface area (Å²) in [5.41, 5.74) is 10.6. The molecule has 2 heterocycles. The van der Waals surface area contributed by atoms with E-state index in [1.54, 1.807) is 6.07 Å². The Hall–Kier alpha value is -6.07. The number of hydroxylamine groups is 2. The first-order chi connectivity index (χ1) is 24.9. The van der Waals surface area contributed by atoms with Crippen LogP contribution >= 0.6 is 0 Å². The molecule has 0 radical (unpaired) electrons. The second kappa shape index (κ2) is 14.8. The zero-order valence-electron chi connectivity index (χ0n) is 27.6. The summed E-state index contributed by atoms with van der Waals surface area (Å²) >= 11 is 0. The molecule has 0 spiro atoms. The van der Waals surface area contributed by atoms with E-state index in [0.717, 1.165) is 43.8 Å². The van der Waals surface area contributed by atoms with Gasteiger partial charge in [-0.3, -0.25) is 19.6 Å². The van der Waals surface area contributed by atoms with E-state index >= 15 is 0 Å². The van der Waals surface area contributed by atoms with Gasteiger partial charge in [-0.25, -0.2) is 4.79 Å². The van der Waals surface area contributed by atoms with Gasteiger partial charge in [-0.2, -0.15) is 10.1 Å². The third-order valence-electron chi connectivity index (χ3n) is 9.04. The minimum absolute atomic E-state index is 0.126. The lowest BCUT2D eigenvalue weighted by Gasteiger charge is -2.34. The number of nitrogens with two attached hydrogens (primary N) is 1. The van der Waals surface area contributed by atoms with Crippen molar-refractivity contribution in [2.24, 2.45) is 5.73 Å². The fourth-order valence-electron chi connectivity index (χ4n) is 6.47. The number of hydrogen-bond donors (Lipinski definition) is 3. The Morgan fingerprint density at radius 1 is 0.667 bits per heavy atom. The SMILES string of the molecule is NC1Cc2c(ccc3ccccc23)N(O)C1=O.O=C(NC1Cc2c(ccc3ccccc23)N(OCc2ccccc2)C1=O)OCc1ccccc1. The van der Waals surface area contributed by atoms with Crippen LogP contribution in [0.2, 0.25) is 0 Å². The zero-order valence-corrected chi connectivity index (χ0v) is 27.6. The van der Waals surface area contributed by atoms with Gasteiger partial charge in [-0.05, 0) is 62.4 Å². The first-order valence-corrected chi connectivity index (χ1v) is 16.6. The number of hydrogen-bond acceptors (Lipinski definition) is 7. The number of benzene rings is 6. The Balaban J connectivity index is 0.000000199. The van der Waals surface area contributed by atoms with Crippen molar-refractivity contribution in [3.63, 3.8) is 0 Å². The van der Waals surface area contributed by atoms with Gasteiger partial charge in [0, 0.05) is 6.42 Å². The van der Waals surface area contributed by atoms with Crippen molar-refractivity contribution in [3.05, 3.63) is 156 Å². The van der Waals surface area contributed by atoms with E-state index in [1.165, 1.54) is 5.06 Å². The molecule has 0 saturated carbocycles. The maximum Gasteiger partial charge on any atom is 0.408 e.